The van der Waals surface area contributed by atoms with Crippen molar-refractivity contribution in [3.8, 4) is 11.1 Å². The van der Waals surface area contributed by atoms with E-state index in [4.69, 9.17) is 4.74 Å². The maximum Gasteiger partial charge on any atom is 0.328 e. The van der Waals surface area contributed by atoms with Crippen LogP contribution >= 0.6 is 0 Å². The molecule has 13 nitrogen and oxygen atoms in total. The number of fused-ring (bicyclic) bond motifs is 3. The Morgan fingerprint density at radius 1 is 0.722 bits per heavy atom. The topological polar surface area (TPSA) is 180 Å². The highest BCUT2D eigenvalue weighted by Gasteiger charge is 2.32. The summed E-state index contributed by atoms with van der Waals surface area (Å²) in [4.78, 5) is 90.8. The van der Waals surface area contributed by atoms with Crippen LogP contribution in [0.1, 0.15) is 62.6 Å². The molecule has 0 spiro atoms. The summed E-state index contributed by atoms with van der Waals surface area (Å²) in [6, 6.07) is 19.7. The lowest BCUT2D eigenvalue weighted by Gasteiger charge is -2.24. The van der Waals surface area contributed by atoms with Crippen LogP contribution in [0.25, 0.3) is 11.1 Å². The summed E-state index contributed by atoms with van der Waals surface area (Å²) in [6.45, 7) is 6.74. The normalized spacial score (nSPS) is 14.9. The maximum atomic E-state index is 13.6. The SMILES string of the molecule is Cc1ccc(NC(=O)[C@H](C)NC(=O)[C@@H](NC(=O)CC[C@H](NC(=O)CCN2C(=O)C=CC2=O)C(=O)OCC2c3ccccc3-c3ccccc32)C(C)C)cc1. The molecule has 1 heterocycles. The Morgan fingerprint density at radius 2 is 1.30 bits per heavy atom. The van der Waals surface area contributed by atoms with E-state index in [0.717, 1.165) is 44.9 Å². The van der Waals surface area contributed by atoms with E-state index in [1.165, 1.54) is 6.92 Å². The summed E-state index contributed by atoms with van der Waals surface area (Å²) < 4.78 is 5.80. The molecular formula is C41H45N5O8. The van der Waals surface area contributed by atoms with Crippen molar-refractivity contribution in [1.82, 2.24) is 20.9 Å². The molecule has 0 bridgehead atoms. The maximum absolute atomic E-state index is 13.6. The number of benzene rings is 3. The van der Waals surface area contributed by atoms with Gasteiger partial charge < -0.3 is 26.0 Å². The number of imide groups is 1. The largest absolute Gasteiger partial charge is 0.463 e. The standard InChI is InChI=1S/C41H45N5O8/c1-24(2)38(40(52)42-26(4)39(51)43-27-15-13-25(3)14-16-27)45-34(47)18-17-33(44-35(48)21-22-46-36(49)19-20-37(46)50)41(53)54-23-32-30-11-7-5-9-28(30)29-10-6-8-12-31(29)32/h5-16,19-20,24,26,32-33,38H,17-18,21-23H2,1-4H3,(H,42,52)(H,43,51)(H,44,48)(H,45,47)/t26-,33-,38-/m0/s1. The van der Waals surface area contributed by atoms with Gasteiger partial charge in [0.1, 0.15) is 24.7 Å². The van der Waals surface area contributed by atoms with Crippen LogP contribution in [0.15, 0.2) is 84.9 Å². The van der Waals surface area contributed by atoms with Crippen molar-refractivity contribution in [2.45, 2.75) is 71.0 Å². The molecule has 0 fully saturated rings. The third-order valence-corrected chi connectivity index (χ3v) is 9.43. The number of esters is 1. The lowest BCUT2D eigenvalue weighted by Crippen LogP contribution is -2.54. The molecule has 5 rings (SSSR count). The molecule has 3 aromatic carbocycles. The second kappa shape index (κ2) is 17.6. The molecule has 4 N–H and O–H groups in total. The van der Waals surface area contributed by atoms with E-state index in [-0.39, 0.29) is 44.2 Å². The van der Waals surface area contributed by atoms with Gasteiger partial charge in [-0.3, -0.25) is 33.7 Å². The Morgan fingerprint density at radius 3 is 1.89 bits per heavy atom. The molecule has 1 aliphatic carbocycles. The molecule has 282 valence electrons. The zero-order valence-corrected chi connectivity index (χ0v) is 30.7. The number of nitrogens with one attached hydrogen (secondary N) is 4. The first kappa shape index (κ1) is 39.1. The van der Waals surface area contributed by atoms with Crippen molar-refractivity contribution < 1.29 is 38.3 Å². The van der Waals surface area contributed by atoms with Crippen LogP contribution in [-0.4, -0.2) is 77.6 Å². The average Bonchev–Trinajstić information content (AvgIpc) is 3.65. The van der Waals surface area contributed by atoms with Gasteiger partial charge in [0.05, 0.1) is 0 Å². The van der Waals surface area contributed by atoms with E-state index in [1.54, 1.807) is 26.0 Å². The molecule has 3 atom stereocenters. The lowest BCUT2D eigenvalue weighted by molar-refractivity contribution is -0.149. The summed E-state index contributed by atoms with van der Waals surface area (Å²) in [5.74, 6) is -4.63. The van der Waals surface area contributed by atoms with Gasteiger partial charge in [-0.2, -0.15) is 0 Å². The fraction of sp³-hybridized carbons (Fsp3) is 0.341. The molecule has 0 aromatic heterocycles. The highest BCUT2D eigenvalue weighted by molar-refractivity contribution is 6.13. The number of nitrogens with zero attached hydrogens (tertiary/aromatic N) is 1. The van der Waals surface area contributed by atoms with Crippen LogP contribution in [0, 0.1) is 12.8 Å². The highest BCUT2D eigenvalue weighted by atomic mass is 16.5. The number of amides is 6. The summed E-state index contributed by atoms with van der Waals surface area (Å²) in [6.07, 6.45) is 1.53. The molecule has 0 unspecified atom stereocenters. The first-order valence-electron chi connectivity index (χ1n) is 18.0. The van der Waals surface area contributed by atoms with Crippen molar-refractivity contribution in [2.75, 3.05) is 18.5 Å². The van der Waals surface area contributed by atoms with E-state index in [9.17, 15) is 33.6 Å². The predicted molar refractivity (Wildman–Crippen MR) is 201 cm³/mol. The van der Waals surface area contributed by atoms with Crippen molar-refractivity contribution in [1.29, 1.82) is 0 Å². The zero-order valence-electron chi connectivity index (χ0n) is 30.7. The minimum Gasteiger partial charge on any atom is -0.463 e. The molecule has 0 saturated carbocycles. The van der Waals surface area contributed by atoms with E-state index in [2.05, 4.69) is 21.3 Å². The number of carbonyl (C=O) groups is 7. The molecule has 0 radical (unpaired) electrons. The second-order valence-electron chi connectivity index (χ2n) is 13.8. The highest BCUT2D eigenvalue weighted by Crippen LogP contribution is 2.44. The number of carbonyl (C=O) groups excluding carboxylic acids is 7. The molecule has 2 aliphatic rings. The number of anilines is 1. The number of rotatable bonds is 16. The Labute approximate surface area is 313 Å². The molecular weight excluding hydrogens is 690 g/mol. The summed E-state index contributed by atoms with van der Waals surface area (Å²) in [5, 5.41) is 10.7. The number of aryl methyl sites for hydroxylation is 1. The van der Waals surface area contributed by atoms with E-state index >= 15 is 0 Å². The van der Waals surface area contributed by atoms with Gasteiger partial charge in [0, 0.05) is 43.1 Å². The zero-order chi connectivity index (χ0) is 38.9. The van der Waals surface area contributed by atoms with E-state index in [0.29, 0.717) is 5.69 Å². The molecule has 13 heteroatoms. The number of ether oxygens (including phenoxy) is 1. The van der Waals surface area contributed by atoms with Crippen LogP contribution in [0.5, 0.6) is 0 Å². The molecule has 0 saturated heterocycles. The van der Waals surface area contributed by atoms with Gasteiger partial charge in [0.2, 0.25) is 23.6 Å². The quantitative estimate of drug-likeness (QED) is 0.128. The first-order valence-corrected chi connectivity index (χ1v) is 18.0. The summed E-state index contributed by atoms with van der Waals surface area (Å²) in [5.41, 5.74) is 5.69. The Hall–Kier alpha value is -6.11. The molecule has 54 heavy (non-hydrogen) atoms. The second-order valence-corrected chi connectivity index (χ2v) is 13.8. The smallest absolute Gasteiger partial charge is 0.328 e. The lowest BCUT2D eigenvalue weighted by atomic mass is 9.98. The van der Waals surface area contributed by atoms with Gasteiger partial charge in [-0.25, -0.2) is 4.79 Å². The molecule has 6 amide bonds. The van der Waals surface area contributed by atoms with Crippen LogP contribution in [-0.2, 0) is 38.3 Å². The van der Waals surface area contributed by atoms with Gasteiger partial charge in [-0.05, 0) is 60.6 Å². The van der Waals surface area contributed by atoms with Crippen LogP contribution < -0.4 is 21.3 Å². The van der Waals surface area contributed by atoms with E-state index in [1.807, 2.05) is 67.6 Å². The van der Waals surface area contributed by atoms with Gasteiger partial charge in [-0.15, -0.1) is 0 Å². The van der Waals surface area contributed by atoms with Crippen LogP contribution in [0.3, 0.4) is 0 Å². The van der Waals surface area contributed by atoms with Crippen LogP contribution in [0.2, 0.25) is 0 Å². The Bertz CT molecular complexity index is 1890. The molecule has 3 aromatic rings. The van der Waals surface area contributed by atoms with Crippen molar-refractivity contribution in [3.05, 3.63) is 102 Å². The van der Waals surface area contributed by atoms with Crippen LogP contribution in [0.4, 0.5) is 5.69 Å². The van der Waals surface area contributed by atoms with Gasteiger partial charge in [-0.1, -0.05) is 80.1 Å². The summed E-state index contributed by atoms with van der Waals surface area (Å²) >= 11 is 0. The minimum atomic E-state index is -1.25. The van der Waals surface area contributed by atoms with Crippen molar-refractivity contribution in [2.24, 2.45) is 5.92 Å². The predicted octanol–water partition coefficient (Wildman–Crippen LogP) is 3.51. The van der Waals surface area contributed by atoms with Crippen molar-refractivity contribution in [3.63, 3.8) is 0 Å². The number of hydrogen-bond acceptors (Lipinski definition) is 8. The van der Waals surface area contributed by atoms with Gasteiger partial charge in [0.15, 0.2) is 0 Å². The Kier molecular flexibility index (Phi) is 12.8. The average molecular weight is 736 g/mol. The first-order chi connectivity index (χ1) is 25.8. The fourth-order valence-electron chi connectivity index (χ4n) is 6.40. The minimum absolute atomic E-state index is 0.0147. The van der Waals surface area contributed by atoms with Crippen molar-refractivity contribution >= 4 is 47.1 Å². The number of hydrogen-bond donors (Lipinski definition) is 4. The third-order valence-electron chi connectivity index (χ3n) is 9.43. The summed E-state index contributed by atoms with van der Waals surface area (Å²) in [7, 11) is 0. The van der Waals surface area contributed by atoms with Gasteiger partial charge in [0.25, 0.3) is 11.8 Å². The fourth-order valence-corrected chi connectivity index (χ4v) is 6.40. The van der Waals surface area contributed by atoms with E-state index < -0.39 is 59.5 Å². The molecule has 1 aliphatic heterocycles. The monoisotopic (exact) mass is 735 g/mol. The Balaban J connectivity index is 1.21. The third kappa shape index (κ3) is 9.65. The van der Waals surface area contributed by atoms with Gasteiger partial charge >= 0.3 is 5.97 Å².